The van der Waals surface area contributed by atoms with E-state index in [1.807, 2.05) is 18.2 Å². The molecule has 0 amide bonds. The predicted octanol–water partition coefficient (Wildman–Crippen LogP) is 1.69. The third-order valence-electron chi connectivity index (χ3n) is 3.21. The van der Waals surface area contributed by atoms with Crippen LogP contribution in [0.2, 0.25) is 0 Å². The number of hydrogen-bond donors (Lipinski definition) is 0. The number of hydrogen-bond acceptors (Lipinski definition) is 2. The number of rotatable bonds is 2. The lowest BCUT2D eigenvalue weighted by atomic mass is 10.0. The molecule has 1 atom stereocenters. The second-order valence-electron chi connectivity index (χ2n) is 4.42. The summed E-state index contributed by atoms with van der Waals surface area (Å²) in [5.41, 5.74) is 0. The van der Waals surface area contributed by atoms with E-state index in [-0.39, 0.29) is 0 Å². The van der Waals surface area contributed by atoms with E-state index in [1.165, 1.54) is 0 Å². The molecule has 0 bridgehead atoms. The highest BCUT2D eigenvalue weighted by molar-refractivity contribution is 7.90. The van der Waals surface area contributed by atoms with Crippen LogP contribution in [0.1, 0.15) is 26.2 Å². The monoisotopic (exact) mass is 227 g/mol. The maximum absolute atomic E-state index is 12.4. The van der Waals surface area contributed by atoms with Crippen molar-refractivity contribution in [2.75, 3.05) is 13.1 Å². The first-order valence-electron chi connectivity index (χ1n) is 5.40. The zero-order valence-corrected chi connectivity index (χ0v) is 9.83. The van der Waals surface area contributed by atoms with Crippen LogP contribution in [0.15, 0.2) is 24.3 Å². The predicted molar refractivity (Wildman–Crippen MR) is 61.0 cm³/mol. The van der Waals surface area contributed by atoms with Gasteiger partial charge in [0.15, 0.2) is 0 Å². The van der Waals surface area contributed by atoms with Crippen molar-refractivity contribution in [3.05, 3.63) is 24.3 Å². The van der Waals surface area contributed by atoms with Crippen molar-refractivity contribution in [3.63, 3.8) is 0 Å². The summed E-state index contributed by atoms with van der Waals surface area (Å²) in [4.78, 5) is 0. The minimum atomic E-state index is -3.17. The van der Waals surface area contributed by atoms with Crippen molar-refractivity contribution in [1.29, 1.82) is 0 Å². The molecule has 0 radical (unpaired) electrons. The van der Waals surface area contributed by atoms with E-state index >= 15 is 0 Å². The van der Waals surface area contributed by atoms with Crippen LogP contribution in [0.5, 0.6) is 0 Å². The molecule has 0 saturated carbocycles. The highest BCUT2D eigenvalue weighted by atomic mass is 32.2. The lowest BCUT2D eigenvalue weighted by Crippen LogP contribution is -2.44. The lowest BCUT2D eigenvalue weighted by Gasteiger charge is -2.31. The molecule has 0 N–H and O–H groups in total. The molecule has 1 aliphatic carbocycles. The third-order valence-corrected chi connectivity index (χ3v) is 5.74. The van der Waals surface area contributed by atoms with Crippen LogP contribution < -0.4 is 0 Å². The van der Waals surface area contributed by atoms with Gasteiger partial charge < -0.3 is 0 Å². The highest BCUT2D eigenvalue weighted by Crippen LogP contribution is 2.31. The second-order valence-corrected chi connectivity index (χ2v) is 6.81. The Morgan fingerprint density at radius 2 is 1.87 bits per heavy atom. The van der Waals surface area contributed by atoms with Gasteiger partial charge in [0.1, 0.15) is 4.75 Å². The summed E-state index contributed by atoms with van der Waals surface area (Å²) in [6.07, 6.45) is 10.0. The summed E-state index contributed by atoms with van der Waals surface area (Å²) < 4.78 is 25.6. The summed E-state index contributed by atoms with van der Waals surface area (Å²) in [6.45, 7) is 3.19. The first-order valence-corrected chi connectivity index (χ1v) is 6.84. The van der Waals surface area contributed by atoms with Gasteiger partial charge in [-0.3, -0.25) is 0 Å². The van der Waals surface area contributed by atoms with Gasteiger partial charge in [0, 0.05) is 13.1 Å². The molecule has 1 unspecified atom stereocenters. The number of allylic oxidation sites excluding steroid dienone is 3. The number of nitrogens with zero attached hydrogens (tertiary/aromatic N) is 1. The Kier molecular flexibility index (Phi) is 2.73. The van der Waals surface area contributed by atoms with Gasteiger partial charge in [0.05, 0.1) is 0 Å². The van der Waals surface area contributed by atoms with Crippen molar-refractivity contribution >= 4 is 10.0 Å². The van der Waals surface area contributed by atoms with E-state index in [4.69, 9.17) is 0 Å². The van der Waals surface area contributed by atoms with Gasteiger partial charge in [-0.1, -0.05) is 24.3 Å². The van der Waals surface area contributed by atoms with Crippen LogP contribution in [-0.4, -0.2) is 30.6 Å². The molecule has 2 rings (SSSR count). The normalized spacial score (nSPS) is 32.3. The molecule has 0 aromatic heterocycles. The molecule has 0 aromatic carbocycles. The van der Waals surface area contributed by atoms with Gasteiger partial charge in [-0.15, -0.1) is 0 Å². The molecule has 1 fully saturated rings. The van der Waals surface area contributed by atoms with Gasteiger partial charge in [-0.2, -0.15) is 0 Å². The molecule has 1 saturated heterocycles. The molecular weight excluding hydrogens is 210 g/mol. The molecule has 0 spiro atoms. The SMILES string of the molecule is CC1(S(=O)(=O)N2CCCC2)C=CC=CC1. The van der Waals surface area contributed by atoms with Crippen molar-refractivity contribution in [3.8, 4) is 0 Å². The van der Waals surface area contributed by atoms with Crippen LogP contribution >= 0.6 is 0 Å². The van der Waals surface area contributed by atoms with Gasteiger partial charge in [-0.05, 0) is 26.2 Å². The maximum atomic E-state index is 12.4. The third kappa shape index (κ3) is 1.76. The van der Waals surface area contributed by atoms with Crippen LogP contribution in [0.4, 0.5) is 0 Å². The fraction of sp³-hybridized carbons (Fsp3) is 0.636. The van der Waals surface area contributed by atoms with Gasteiger partial charge >= 0.3 is 0 Å². The Morgan fingerprint density at radius 3 is 2.40 bits per heavy atom. The summed E-state index contributed by atoms with van der Waals surface area (Å²) in [5.74, 6) is 0. The highest BCUT2D eigenvalue weighted by Gasteiger charge is 2.41. The average Bonchev–Trinajstić information content (AvgIpc) is 2.72. The molecule has 84 valence electrons. The van der Waals surface area contributed by atoms with Crippen LogP contribution in [-0.2, 0) is 10.0 Å². The smallest absolute Gasteiger partial charge is 0.211 e. The minimum absolute atomic E-state index is 0.586. The average molecular weight is 227 g/mol. The topological polar surface area (TPSA) is 37.4 Å². The fourth-order valence-corrected chi connectivity index (χ4v) is 4.01. The molecule has 15 heavy (non-hydrogen) atoms. The molecule has 2 aliphatic rings. The lowest BCUT2D eigenvalue weighted by molar-refractivity contribution is 0.453. The Bertz CT molecular complexity index is 391. The van der Waals surface area contributed by atoms with E-state index in [0.717, 1.165) is 12.8 Å². The molecule has 1 heterocycles. The largest absolute Gasteiger partial charge is 0.223 e. The Balaban J connectivity index is 2.28. The molecule has 4 heteroatoms. The van der Waals surface area contributed by atoms with Crippen molar-refractivity contribution in [2.24, 2.45) is 0 Å². The standard InChI is InChI=1S/C11H17NO2S/c1-11(7-3-2-4-8-11)15(13,14)12-9-5-6-10-12/h2-4,7H,5-6,8-10H2,1H3. The van der Waals surface area contributed by atoms with Crippen LogP contribution in [0.25, 0.3) is 0 Å². The fourth-order valence-electron chi connectivity index (χ4n) is 2.12. The Labute approximate surface area is 91.5 Å². The zero-order chi connectivity index (χ0) is 10.9. The Morgan fingerprint density at radius 1 is 1.20 bits per heavy atom. The molecule has 0 aromatic rings. The van der Waals surface area contributed by atoms with Gasteiger partial charge in [0.25, 0.3) is 0 Å². The molecule has 3 nitrogen and oxygen atoms in total. The summed E-state index contributed by atoms with van der Waals surface area (Å²) in [6, 6.07) is 0. The minimum Gasteiger partial charge on any atom is -0.211 e. The van der Waals surface area contributed by atoms with E-state index in [0.29, 0.717) is 19.5 Å². The molecular formula is C11H17NO2S. The molecule has 1 aliphatic heterocycles. The van der Waals surface area contributed by atoms with Crippen LogP contribution in [0, 0.1) is 0 Å². The van der Waals surface area contributed by atoms with Crippen molar-refractivity contribution in [1.82, 2.24) is 4.31 Å². The van der Waals surface area contributed by atoms with Gasteiger partial charge in [-0.25, -0.2) is 12.7 Å². The summed E-state index contributed by atoms with van der Waals surface area (Å²) >= 11 is 0. The van der Waals surface area contributed by atoms with Crippen LogP contribution in [0.3, 0.4) is 0 Å². The quantitative estimate of drug-likeness (QED) is 0.720. The van der Waals surface area contributed by atoms with Gasteiger partial charge in [0.2, 0.25) is 10.0 Å². The second kappa shape index (κ2) is 3.76. The van der Waals surface area contributed by atoms with E-state index in [1.54, 1.807) is 17.3 Å². The van der Waals surface area contributed by atoms with E-state index in [2.05, 4.69) is 0 Å². The first kappa shape index (κ1) is 10.9. The first-order chi connectivity index (χ1) is 7.06. The Hall–Kier alpha value is -0.610. The summed E-state index contributed by atoms with van der Waals surface area (Å²) in [5, 5.41) is 0. The van der Waals surface area contributed by atoms with E-state index in [9.17, 15) is 8.42 Å². The zero-order valence-electron chi connectivity index (χ0n) is 9.02. The van der Waals surface area contributed by atoms with E-state index < -0.39 is 14.8 Å². The maximum Gasteiger partial charge on any atom is 0.223 e. The number of sulfonamides is 1. The van der Waals surface area contributed by atoms with Crippen molar-refractivity contribution < 1.29 is 8.42 Å². The summed E-state index contributed by atoms with van der Waals surface area (Å²) in [7, 11) is -3.17. The van der Waals surface area contributed by atoms with Crippen molar-refractivity contribution in [2.45, 2.75) is 30.9 Å².